The zero-order valence-electron chi connectivity index (χ0n) is 52.2. The number of aliphatic hydroxyl groups excluding tert-OH is 5. The molecule has 0 aromatic heterocycles. The molecule has 5 aromatic carbocycles. The number of hydrogen-bond acceptors (Lipinski definition) is 21. The molecule has 7 amide bonds. The Morgan fingerprint density at radius 2 is 1.29 bits per heavy atom. The summed E-state index contributed by atoms with van der Waals surface area (Å²) in [6, 6.07) is 3.18. The van der Waals surface area contributed by atoms with Gasteiger partial charge in [0.1, 0.15) is 89.5 Å². The number of carbonyl (C=O) groups is 7. The van der Waals surface area contributed by atoms with Crippen LogP contribution in [0.4, 0.5) is 0 Å². The van der Waals surface area contributed by atoms with Crippen LogP contribution in [-0.4, -0.2) is 169 Å². The van der Waals surface area contributed by atoms with E-state index < -0.39 is 174 Å². The summed E-state index contributed by atoms with van der Waals surface area (Å²) in [4.78, 5) is 118. The van der Waals surface area contributed by atoms with Gasteiger partial charge in [0.2, 0.25) is 53.4 Å². The van der Waals surface area contributed by atoms with Gasteiger partial charge in [0.25, 0.3) is 0 Å². The number of aryl methyl sites for hydroxylation is 2. The first-order valence-corrected chi connectivity index (χ1v) is 29.4. The monoisotopic (exact) mass is 1360 g/mol. The molecule has 1 fully saturated rings. The van der Waals surface area contributed by atoms with Crippen LogP contribution in [0.25, 0.3) is 11.1 Å². The number of phenolic OH excluding ortho intramolecular Hbond substituents is 3. The number of primary amides is 1. The van der Waals surface area contributed by atoms with E-state index in [0.29, 0.717) is 17.5 Å². The van der Waals surface area contributed by atoms with Gasteiger partial charge >= 0.3 is 58.2 Å². The largest absolute Gasteiger partial charge is 1.00 e. The maximum Gasteiger partial charge on any atom is 1.00 e. The topological polar surface area (TPSA) is 437 Å². The van der Waals surface area contributed by atoms with Crippen molar-refractivity contribution in [3.8, 4) is 57.1 Å². The fourth-order valence-electron chi connectivity index (χ4n) is 11.5. The maximum absolute atomic E-state index is 15.9. The fourth-order valence-corrected chi connectivity index (χ4v) is 11.5. The molecule has 11 rings (SSSR count). The molecule has 93 heavy (non-hydrogen) atoms. The second-order valence-corrected chi connectivity index (χ2v) is 24.0. The molecule has 6 aliphatic heterocycles. The summed E-state index contributed by atoms with van der Waals surface area (Å²) in [5.74, 6) is -12.0. The maximum atomic E-state index is 15.9. The number of likely N-dealkylation sites (N-methyl/N-ethyl adjacent to an activating group) is 1. The molecular weight excluding hydrogens is 1290 g/mol. The number of amides is 7. The minimum atomic E-state index is -2.17. The van der Waals surface area contributed by atoms with Gasteiger partial charge in [0, 0.05) is 22.6 Å². The van der Waals surface area contributed by atoms with Crippen molar-refractivity contribution in [2.75, 3.05) is 20.7 Å². The number of hydrogen-bond donors (Lipinski definition) is 15. The number of carbonyl (C=O) groups excluding carboxylic acids is 8. The minimum absolute atomic E-state index is 0. The van der Waals surface area contributed by atoms with Crippen molar-refractivity contribution in [1.82, 2.24) is 36.8 Å². The molecule has 0 aliphatic carbocycles. The quantitative estimate of drug-likeness (QED) is 0.0632. The molecule has 29 heteroatoms. The number of benzene rings is 5. The SMILES string of the molecule is Cc1cc2ccc1Oc1cc3cc(c1OC1OC(CO)C(O)C(O)C1O)Oc1ccc(cc1C)C(O)C(NC(=O)C(CC(C)C)N(C)C)C(=O)NC(CC(N)=O)C(=O)NC3C(=O)NC1C(=O)NC(C(=O)NC([C-]=O)c3cc(O)c(C)c(O)c3-c3cc1ccc3O)C2C.[Rb+]. The minimum Gasteiger partial charge on any atom is -0.540 e. The van der Waals surface area contributed by atoms with E-state index in [4.69, 9.17) is 24.7 Å². The number of ether oxygens (including phenoxy) is 4. The van der Waals surface area contributed by atoms with Gasteiger partial charge in [-0.1, -0.05) is 45.0 Å². The number of rotatable bonds is 11. The zero-order chi connectivity index (χ0) is 67.1. The summed E-state index contributed by atoms with van der Waals surface area (Å²) < 4.78 is 25.6. The van der Waals surface area contributed by atoms with Gasteiger partial charge in [-0.15, -0.1) is 0 Å². The van der Waals surface area contributed by atoms with Crippen molar-refractivity contribution < 1.29 is 156 Å². The Hall–Kier alpha value is -7.61. The van der Waals surface area contributed by atoms with Crippen LogP contribution in [0.1, 0.15) is 108 Å². The fraction of sp³-hybridized carbons (Fsp3) is 0.406. The molecule has 16 N–H and O–H groups in total. The molecule has 490 valence electrons. The second-order valence-electron chi connectivity index (χ2n) is 24.0. The molecule has 5 aromatic rings. The van der Waals surface area contributed by atoms with Gasteiger partial charge in [-0.25, -0.2) is 6.29 Å². The van der Waals surface area contributed by atoms with Gasteiger partial charge < -0.3 is 102 Å². The molecule has 6 aliphatic rings. The van der Waals surface area contributed by atoms with Crippen molar-refractivity contribution in [2.24, 2.45) is 11.7 Å². The normalized spacial score (nSPS) is 25.9. The van der Waals surface area contributed by atoms with E-state index in [0.717, 1.165) is 24.3 Å². The third-order valence-corrected chi connectivity index (χ3v) is 16.8. The summed E-state index contributed by atoms with van der Waals surface area (Å²) >= 11 is 0. The molecule has 11 bridgehead atoms. The Bertz CT molecular complexity index is 3760. The molecule has 28 nitrogen and oxygen atoms in total. The van der Waals surface area contributed by atoms with E-state index in [1.807, 2.05) is 13.8 Å². The number of aliphatic hydroxyl groups is 5. The van der Waals surface area contributed by atoms with Crippen molar-refractivity contribution in [3.63, 3.8) is 0 Å². The summed E-state index contributed by atoms with van der Waals surface area (Å²) in [5, 5.41) is 106. The number of fused-ring (bicyclic) bond motifs is 15. The number of aromatic hydroxyl groups is 3. The van der Waals surface area contributed by atoms with Gasteiger partial charge in [-0.2, -0.15) is 0 Å². The standard InChI is InChI=1S/C64H73N8O20.Rb/c1-25(2)15-38(72(7)8)59(84)71-51-53(79)32-11-14-42(27(4)17-32)90-44-20-33-19-43(57(44)92-64-56(82)55(81)54(80)45(24-74)91-64)89-41-13-10-30(16-26(41)3)28(5)48-60(85)67-37(23-73)34-21-40(76)29(6)52(78)47(34)35-18-31(9-12-39(35)75)49(61(86)68-48)70-62(87)50(33)69-58(83)36(22-46(65)77)66-63(51)88;/h9-14,16-21,25,28,36-38,45,48-51,53-56,64,74-76,78-82H,15,22,24H2,1-8H3,(H2,65,77)(H,66,88)(H,67,85)(H,68,86)(H,69,83)(H,70,87)(H,71,84);/q-1;+1. The number of nitrogens with zero attached hydrogens (tertiary/aromatic N) is 1. The van der Waals surface area contributed by atoms with Gasteiger partial charge in [0.15, 0.2) is 11.5 Å². The molecular formula is C64H73N8O20Rb. The van der Waals surface area contributed by atoms with Crippen LogP contribution < -0.4 is 110 Å². The van der Waals surface area contributed by atoms with E-state index in [2.05, 4.69) is 31.9 Å². The Morgan fingerprint density at radius 3 is 1.88 bits per heavy atom. The third-order valence-electron chi connectivity index (χ3n) is 16.8. The van der Waals surface area contributed by atoms with Crippen molar-refractivity contribution in [3.05, 3.63) is 117 Å². The predicted molar refractivity (Wildman–Crippen MR) is 323 cm³/mol. The molecule has 0 spiro atoms. The first-order chi connectivity index (χ1) is 43.5. The van der Waals surface area contributed by atoms with Crippen LogP contribution in [0.3, 0.4) is 0 Å². The number of nitrogens with two attached hydrogens (primary N) is 1. The van der Waals surface area contributed by atoms with Crippen LogP contribution in [0.2, 0.25) is 0 Å². The summed E-state index contributed by atoms with van der Waals surface area (Å²) in [6.45, 7) is 8.88. The number of nitrogens with one attached hydrogen (secondary N) is 6. The second kappa shape index (κ2) is 29.4. The molecule has 1 saturated heterocycles. The van der Waals surface area contributed by atoms with E-state index in [1.165, 1.54) is 49.4 Å². The summed E-state index contributed by atoms with van der Waals surface area (Å²) in [7, 11) is 3.27. The van der Waals surface area contributed by atoms with Crippen LogP contribution in [0.5, 0.6) is 46.0 Å². The van der Waals surface area contributed by atoms with E-state index in [1.54, 1.807) is 52.1 Å². The Balaban J connectivity index is 0.0000111. The average Bonchev–Trinajstić information content (AvgIpc) is 0.781. The van der Waals surface area contributed by atoms with E-state index in [9.17, 15) is 64.8 Å². The first-order valence-electron chi connectivity index (χ1n) is 29.4. The van der Waals surface area contributed by atoms with Crippen LogP contribution in [-0.2, 0) is 43.1 Å². The van der Waals surface area contributed by atoms with Crippen LogP contribution >= 0.6 is 0 Å². The Labute approximate surface area is 582 Å². The molecule has 6 heterocycles. The van der Waals surface area contributed by atoms with Crippen LogP contribution in [0.15, 0.2) is 72.8 Å². The third kappa shape index (κ3) is 15.0. The molecule has 14 atom stereocenters. The summed E-state index contributed by atoms with van der Waals surface area (Å²) in [5.41, 5.74) is 5.23. The van der Waals surface area contributed by atoms with Gasteiger partial charge in [-0.3, -0.25) is 38.5 Å². The summed E-state index contributed by atoms with van der Waals surface area (Å²) in [6.07, 6.45) is -10.3. The molecule has 0 radical (unpaired) electrons. The van der Waals surface area contributed by atoms with Crippen LogP contribution in [0, 0.1) is 26.7 Å². The van der Waals surface area contributed by atoms with Crippen molar-refractivity contribution in [2.45, 2.75) is 139 Å². The van der Waals surface area contributed by atoms with Gasteiger partial charge in [0.05, 0.1) is 19.1 Å². The molecule has 0 saturated carbocycles. The van der Waals surface area contributed by atoms with Crippen molar-refractivity contribution in [1.29, 1.82) is 0 Å². The first kappa shape index (κ1) is 71.2. The van der Waals surface area contributed by atoms with Gasteiger partial charge in [-0.05, 0) is 141 Å². The number of phenols is 3. The predicted octanol–water partition coefficient (Wildman–Crippen LogP) is -2.07. The Morgan fingerprint density at radius 1 is 0.699 bits per heavy atom. The zero-order valence-corrected chi connectivity index (χ0v) is 57.1. The van der Waals surface area contributed by atoms with Crippen molar-refractivity contribution >= 4 is 47.6 Å². The average molecular weight is 1360 g/mol. The Kier molecular flexibility index (Phi) is 22.5. The molecule has 14 unspecified atom stereocenters. The smallest absolute Gasteiger partial charge is 0.540 e. The van der Waals surface area contributed by atoms with E-state index >= 15 is 14.4 Å². The van der Waals surface area contributed by atoms with E-state index in [-0.39, 0.29) is 120 Å².